The van der Waals surface area contributed by atoms with Crippen LogP contribution in [0.15, 0.2) is 17.3 Å². The van der Waals surface area contributed by atoms with Crippen LogP contribution in [0.25, 0.3) is 6.08 Å². The van der Waals surface area contributed by atoms with Gasteiger partial charge in [-0.3, -0.25) is 14.6 Å². The first kappa shape index (κ1) is 19.2. The number of pyridine rings is 1. The molecule has 4 bridgehead atoms. The smallest absolute Gasteiger partial charge is 0.266 e. The van der Waals surface area contributed by atoms with E-state index in [1.54, 1.807) is 18.1 Å². The molecule has 7 nitrogen and oxygen atoms in total. The number of rotatable bonds is 5. The Labute approximate surface area is 181 Å². The predicted molar refractivity (Wildman–Crippen MR) is 117 cm³/mol. The van der Waals surface area contributed by atoms with Crippen molar-refractivity contribution in [2.75, 3.05) is 18.9 Å². The highest BCUT2D eigenvalue weighted by Gasteiger charge is 2.54. The van der Waals surface area contributed by atoms with Crippen LogP contribution in [0.5, 0.6) is 0 Å². The Bertz CT molecular complexity index is 1030. The number of likely N-dealkylation sites (N-methyl/N-ethyl adjacent to an activating group) is 1. The summed E-state index contributed by atoms with van der Waals surface area (Å²) in [4.78, 5) is 35.3. The van der Waals surface area contributed by atoms with Gasteiger partial charge in [0.15, 0.2) is 5.78 Å². The molecule has 3 unspecified atom stereocenters. The van der Waals surface area contributed by atoms with Gasteiger partial charge in [0.2, 0.25) is 0 Å². The number of hydrogen-bond acceptors (Lipinski definition) is 6. The van der Waals surface area contributed by atoms with E-state index in [1.807, 2.05) is 0 Å². The van der Waals surface area contributed by atoms with Gasteiger partial charge < -0.3 is 15.3 Å². The lowest BCUT2D eigenvalue weighted by Crippen LogP contribution is -2.59. The molecule has 1 aromatic rings. The van der Waals surface area contributed by atoms with Gasteiger partial charge >= 0.3 is 0 Å². The lowest BCUT2D eigenvalue weighted by Gasteiger charge is -2.58. The van der Waals surface area contributed by atoms with Crippen LogP contribution < -0.4 is 5.32 Å². The standard InChI is InChI=1S/C24H28N4O3/c1-28-12-21(30)26-20(28)7-19(29)17-11-25-18-4-2-3-16(18)23(17)27-22-14-5-13-6-15(22)10-24(31,8-13)9-14/h2-3,11,13-15,22,31H,4-10,12H2,1H3,(H,25,27)/t13?,14-,15+,22?,24?. The summed E-state index contributed by atoms with van der Waals surface area (Å²) < 4.78 is 0. The fourth-order valence-electron chi connectivity index (χ4n) is 6.92. The van der Waals surface area contributed by atoms with Crippen LogP contribution in [0.2, 0.25) is 0 Å². The molecule has 7 heteroatoms. The van der Waals surface area contributed by atoms with Crippen molar-refractivity contribution in [1.29, 1.82) is 0 Å². The van der Waals surface area contributed by atoms with E-state index in [0.717, 1.165) is 55.5 Å². The summed E-state index contributed by atoms with van der Waals surface area (Å²) in [6.45, 7) is 0.231. The van der Waals surface area contributed by atoms with Gasteiger partial charge in [0.25, 0.3) is 5.91 Å². The second-order valence-corrected chi connectivity index (χ2v) is 10.3. The molecular formula is C24H28N4O3. The first-order valence-corrected chi connectivity index (χ1v) is 11.4. The number of allylic oxidation sites excluding steroid dienone is 1. The predicted octanol–water partition coefficient (Wildman–Crippen LogP) is 2.45. The van der Waals surface area contributed by atoms with E-state index < -0.39 is 5.60 Å². The zero-order valence-electron chi connectivity index (χ0n) is 17.8. The number of aliphatic hydroxyl groups is 1. The summed E-state index contributed by atoms with van der Waals surface area (Å²) in [7, 11) is 1.79. The number of Topliss-reactive ketones (excluding diaryl/α,β-unsaturated/α-hetero) is 1. The number of aliphatic imine (C=N–C) groups is 1. The molecule has 0 radical (unpaired) electrons. The van der Waals surface area contributed by atoms with Gasteiger partial charge in [-0.25, -0.2) is 0 Å². The number of hydrogen-bond donors (Lipinski definition) is 2. The topological polar surface area (TPSA) is 94.9 Å². The molecular weight excluding hydrogens is 392 g/mol. The molecule has 4 fully saturated rings. The maximum atomic E-state index is 13.3. The van der Waals surface area contributed by atoms with Crippen LogP contribution in [0.3, 0.4) is 0 Å². The lowest BCUT2D eigenvalue weighted by molar-refractivity contribution is -0.129. The van der Waals surface area contributed by atoms with Gasteiger partial charge in [-0.1, -0.05) is 12.2 Å². The number of nitrogens with one attached hydrogen (secondary N) is 1. The Morgan fingerprint density at radius 2 is 2.06 bits per heavy atom. The average molecular weight is 421 g/mol. The molecule has 0 saturated heterocycles. The maximum Gasteiger partial charge on any atom is 0.266 e. The van der Waals surface area contributed by atoms with Crippen LogP contribution in [-0.4, -0.2) is 57.8 Å². The number of ketones is 1. The van der Waals surface area contributed by atoms with Crippen molar-refractivity contribution >= 4 is 29.3 Å². The molecule has 5 aliphatic carbocycles. The molecule has 162 valence electrons. The Balaban J connectivity index is 1.32. The Morgan fingerprint density at radius 3 is 2.74 bits per heavy atom. The molecule has 31 heavy (non-hydrogen) atoms. The largest absolute Gasteiger partial charge is 0.390 e. The van der Waals surface area contributed by atoms with Crippen molar-refractivity contribution < 1.29 is 14.7 Å². The molecule has 1 aromatic heterocycles. The van der Waals surface area contributed by atoms with Crippen molar-refractivity contribution in [2.24, 2.45) is 22.7 Å². The van der Waals surface area contributed by atoms with E-state index in [2.05, 4.69) is 27.4 Å². The third-order valence-corrected chi connectivity index (χ3v) is 8.03. The molecule has 6 aliphatic rings. The lowest BCUT2D eigenvalue weighted by atomic mass is 9.52. The number of aromatic nitrogens is 1. The molecule has 2 heterocycles. The van der Waals surface area contributed by atoms with E-state index in [4.69, 9.17) is 0 Å². The molecule has 4 saturated carbocycles. The highest BCUT2D eigenvalue weighted by atomic mass is 16.3. The second kappa shape index (κ2) is 6.73. The van der Waals surface area contributed by atoms with Crippen molar-refractivity contribution in [1.82, 2.24) is 9.88 Å². The first-order valence-electron chi connectivity index (χ1n) is 11.4. The monoisotopic (exact) mass is 420 g/mol. The minimum atomic E-state index is -0.481. The first-order chi connectivity index (χ1) is 14.9. The molecule has 1 aliphatic heterocycles. The zero-order chi connectivity index (χ0) is 21.3. The third-order valence-electron chi connectivity index (χ3n) is 8.03. The summed E-state index contributed by atoms with van der Waals surface area (Å²) >= 11 is 0. The minimum absolute atomic E-state index is 0.0687. The Hall–Kier alpha value is -2.54. The Morgan fingerprint density at radius 1 is 1.29 bits per heavy atom. The molecule has 0 spiro atoms. The van der Waals surface area contributed by atoms with E-state index in [-0.39, 0.29) is 30.7 Å². The van der Waals surface area contributed by atoms with Crippen LogP contribution in [0, 0.1) is 17.8 Å². The SMILES string of the molecule is CN1CC(=O)N=C1CC(=O)c1cnc2c(c1NC1[C@@H]3CC4C[C@H]1CC(O)(C4)C3)C=CC2. The molecule has 7 rings (SSSR count). The number of carbonyl (C=O) groups excluding carboxylic acids is 2. The van der Waals surface area contributed by atoms with Gasteiger partial charge in [0.05, 0.1) is 29.0 Å². The summed E-state index contributed by atoms with van der Waals surface area (Å²) in [5.74, 6) is 1.77. The van der Waals surface area contributed by atoms with E-state index in [9.17, 15) is 14.7 Å². The van der Waals surface area contributed by atoms with Crippen molar-refractivity contribution in [3.63, 3.8) is 0 Å². The van der Waals surface area contributed by atoms with Crippen LogP contribution >= 0.6 is 0 Å². The second-order valence-electron chi connectivity index (χ2n) is 10.3. The van der Waals surface area contributed by atoms with E-state index >= 15 is 0 Å². The third kappa shape index (κ3) is 3.13. The van der Waals surface area contributed by atoms with Gasteiger partial charge in [-0.2, -0.15) is 4.99 Å². The van der Waals surface area contributed by atoms with Gasteiger partial charge in [0.1, 0.15) is 12.4 Å². The number of anilines is 1. The van der Waals surface area contributed by atoms with E-state index in [1.165, 1.54) is 0 Å². The zero-order valence-corrected chi connectivity index (χ0v) is 17.8. The number of carbonyl (C=O) groups is 2. The quantitative estimate of drug-likeness (QED) is 0.711. The molecule has 2 N–H and O–H groups in total. The summed E-state index contributed by atoms with van der Waals surface area (Å²) in [6, 6.07) is 0.275. The number of amides is 1. The van der Waals surface area contributed by atoms with Crippen molar-refractivity contribution in [3.05, 3.63) is 29.1 Å². The summed E-state index contributed by atoms with van der Waals surface area (Å²) in [6.07, 6.45) is 11.7. The van der Waals surface area contributed by atoms with Gasteiger partial charge in [0, 0.05) is 31.3 Å². The number of nitrogens with zero attached hydrogens (tertiary/aromatic N) is 3. The number of amidine groups is 1. The van der Waals surface area contributed by atoms with E-state index in [0.29, 0.717) is 29.2 Å². The van der Waals surface area contributed by atoms with Crippen molar-refractivity contribution in [2.45, 2.75) is 56.6 Å². The normalized spacial score (nSPS) is 35.0. The fraction of sp³-hybridized carbons (Fsp3) is 0.583. The van der Waals surface area contributed by atoms with Crippen LogP contribution in [0.1, 0.15) is 60.1 Å². The Kier molecular flexibility index (Phi) is 4.16. The highest BCUT2D eigenvalue weighted by molar-refractivity contribution is 6.15. The molecule has 1 amide bonds. The minimum Gasteiger partial charge on any atom is -0.390 e. The summed E-state index contributed by atoms with van der Waals surface area (Å²) in [5, 5.41) is 14.7. The highest BCUT2D eigenvalue weighted by Crippen LogP contribution is 2.56. The maximum absolute atomic E-state index is 13.3. The molecule has 5 atom stereocenters. The van der Waals surface area contributed by atoms with Gasteiger partial charge in [-0.05, 0) is 49.9 Å². The van der Waals surface area contributed by atoms with Crippen LogP contribution in [0.4, 0.5) is 5.69 Å². The number of fused-ring (bicyclic) bond motifs is 1. The van der Waals surface area contributed by atoms with Crippen LogP contribution in [-0.2, 0) is 11.2 Å². The molecule has 0 aromatic carbocycles. The average Bonchev–Trinajstić information content (AvgIpc) is 3.29. The summed E-state index contributed by atoms with van der Waals surface area (Å²) in [5.41, 5.74) is 2.97. The van der Waals surface area contributed by atoms with Crippen molar-refractivity contribution in [3.8, 4) is 0 Å². The van der Waals surface area contributed by atoms with Gasteiger partial charge in [-0.15, -0.1) is 0 Å². The fourth-order valence-corrected chi connectivity index (χ4v) is 6.92.